The van der Waals surface area contributed by atoms with Gasteiger partial charge in [-0.15, -0.1) is 0 Å². The first kappa shape index (κ1) is 14.9. The number of aryl methyl sites for hydroxylation is 3. The number of esters is 1. The van der Waals surface area contributed by atoms with Gasteiger partial charge in [-0.3, -0.25) is 0 Å². The summed E-state index contributed by atoms with van der Waals surface area (Å²) in [5.74, 6) is 0.367. The minimum absolute atomic E-state index is 0.246. The van der Waals surface area contributed by atoms with Crippen molar-refractivity contribution >= 4 is 32.9 Å². The first-order valence-corrected chi connectivity index (χ1v) is 7.73. The average molecular weight is 359 g/mol. The van der Waals surface area contributed by atoms with E-state index in [4.69, 9.17) is 9.15 Å². The van der Waals surface area contributed by atoms with E-state index >= 15 is 0 Å². The standard InChI is InChI=1S/C18H15BrO3/c1-10-5-4-6-11(2)16(10)22-18(20)17-12(3)14-9-13(19)7-8-15(14)21-17/h4-9H,1-3H3. The SMILES string of the molecule is Cc1cccc(C)c1OC(=O)c1oc2ccc(Br)cc2c1C. The summed E-state index contributed by atoms with van der Waals surface area (Å²) in [7, 11) is 0. The van der Waals surface area contributed by atoms with Crippen LogP contribution in [-0.2, 0) is 0 Å². The van der Waals surface area contributed by atoms with Crippen molar-refractivity contribution in [3.05, 3.63) is 63.3 Å². The number of ether oxygens (including phenoxy) is 1. The van der Waals surface area contributed by atoms with E-state index in [1.165, 1.54) is 0 Å². The summed E-state index contributed by atoms with van der Waals surface area (Å²) in [6, 6.07) is 11.4. The Kier molecular flexibility index (Phi) is 3.79. The van der Waals surface area contributed by atoms with E-state index in [1.54, 1.807) is 0 Å². The number of fused-ring (bicyclic) bond motifs is 1. The van der Waals surface area contributed by atoms with Gasteiger partial charge in [0.1, 0.15) is 11.3 Å². The molecule has 0 saturated heterocycles. The summed E-state index contributed by atoms with van der Waals surface area (Å²) in [4.78, 5) is 12.5. The molecule has 2 aromatic carbocycles. The van der Waals surface area contributed by atoms with Gasteiger partial charge in [0, 0.05) is 15.4 Å². The van der Waals surface area contributed by atoms with Crippen molar-refractivity contribution in [2.75, 3.05) is 0 Å². The van der Waals surface area contributed by atoms with Crippen molar-refractivity contribution in [1.29, 1.82) is 0 Å². The quantitative estimate of drug-likeness (QED) is 0.458. The molecule has 0 atom stereocenters. The fourth-order valence-corrected chi connectivity index (χ4v) is 2.85. The summed E-state index contributed by atoms with van der Waals surface area (Å²) in [5, 5.41) is 0.905. The van der Waals surface area contributed by atoms with Gasteiger partial charge in [0.15, 0.2) is 0 Å². The number of halogens is 1. The third-order valence-corrected chi connectivity index (χ3v) is 4.18. The second-order valence-electron chi connectivity index (χ2n) is 5.31. The Morgan fingerprint density at radius 2 is 1.77 bits per heavy atom. The molecule has 3 rings (SSSR count). The van der Waals surface area contributed by atoms with Gasteiger partial charge in [0.05, 0.1) is 0 Å². The fraction of sp³-hybridized carbons (Fsp3) is 0.167. The molecule has 0 aliphatic heterocycles. The Morgan fingerprint density at radius 1 is 1.09 bits per heavy atom. The number of carbonyl (C=O) groups is 1. The maximum Gasteiger partial charge on any atom is 0.379 e. The zero-order valence-electron chi connectivity index (χ0n) is 12.6. The number of carbonyl (C=O) groups excluding carboxylic acids is 1. The number of hydrogen-bond donors (Lipinski definition) is 0. The molecule has 0 aliphatic carbocycles. The molecule has 0 bridgehead atoms. The number of para-hydroxylation sites is 1. The lowest BCUT2D eigenvalue weighted by atomic mass is 10.1. The molecule has 0 radical (unpaired) electrons. The van der Waals surface area contributed by atoms with Crippen molar-refractivity contribution in [3.8, 4) is 5.75 Å². The lowest BCUT2D eigenvalue weighted by Gasteiger charge is -2.09. The summed E-state index contributed by atoms with van der Waals surface area (Å²) < 4.78 is 12.2. The maximum atomic E-state index is 12.5. The average Bonchev–Trinajstić information content (AvgIpc) is 2.80. The minimum atomic E-state index is -0.470. The van der Waals surface area contributed by atoms with Gasteiger partial charge in [-0.25, -0.2) is 4.79 Å². The van der Waals surface area contributed by atoms with Crippen LogP contribution in [0.1, 0.15) is 27.2 Å². The molecular weight excluding hydrogens is 344 g/mol. The molecule has 0 N–H and O–H groups in total. The predicted molar refractivity (Wildman–Crippen MR) is 89.5 cm³/mol. The first-order chi connectivity index (χ1) is 10.5. The van der Waals surface area contributed by atoms with Crippen LogP contribution in [0.2, 0.25) is 0 Å². The summed E-state index contributed by atoms with van der Waals surface area (Å²) in [5.41, 5.74) is 3.30. The van der Waals surface area contributed by atoms with Crippen LogP contribution in [0.3, 0.4) is 0 Å². The van der Waals surface area contributed by atoms with Crippen molar-refractivity contribution in [2.45, 2.75) is 20.8 Å². The van der Waals surface area contributed by atoms with E-state index in [-0.39, 0.29) is 5.76 Å². The molecule has 0 fully saturated rings. The molecule has 0 spiro atoms. The fourth-order valence-electron chi connectivity index (χ4n) is 2.49. The van der Waals surface area contributed by atoms with E-state index in [0.29, 0.717) is 11.3 Å². The maximum absolute atomic E-state index is 12.5. The van der Waals surface area contributed by atoms with Gasteiger partial charge in [0.2, 0.25) is 5.76 Å². The van der Waals surface area contributed by atoms with Crippen LogP contribution in [0, 0.1) is 20.8 Å². The molecule has 1 heterocycles. The van der Waals surface area contributed by atoms with Gasteiger partial charge < -0.3 is 9.15 Å². The highest BCUT2D eigenvalue weighted by Crippen LogP contribution is 2.30. The Morgan fingerprint density at radius 3 is 2.45 bits per heavy atom. The number of rotatable bonds is 2. The lowest BCUT2D eigenvalue weighted by molar-refractivity contribution is 0.0700. The predicted octanol–water partition coefficient (Wildman–Crippen LogP) is 5.34. The lowest BCUT2D eigenvalue weighted by Crippen LogP contribution is -2.10. The van der Waals surface area contributed by atoms with Crippen molar-refractivity contribution in [3.63, 3.8) is 0 Å². The highest BCUT2D eigenvalue weighted by atomic mass is 79.9. The van der Waals surface area contributed by atoms with Crippen LogP contribution in [0.5, 0.6) is 5.75 Å². The summed E-state index contributed by atoms with van der Waals surface area (Å²) >= 11 is 3.43. The van der Waals surface area contributed by atoms with Gasteiger partial charge in [0.25, 0.3) is 0 Å². The molecule has 0 amide bonds. The largest absolute Gasteiger partial charge is 0.449 e. The van der Waals surface area contributed by atoms with Crippen LogP contribution in [0.25, 0.3) is 11.0 Å². The zero-order chi connectivity index (χ0) is 15.9. The van der Waals surface area contributed by atoms with Gasteiger partial charge in [-0.05, 0) is 50.1 Å². The van der Waals surface area contributed by atoms with Crippen molar-refractivity contribution in [2.24, 2.45) is 0 Å². The molecule has 1 aromatic heterocycles. The van der Waals surface area contributed by atoms with Crippen molar-refractivity contribution in [1.82, 2.24) is 0 Å². The van der Waals surface area contributed by atoms with E-state index < -0.39 is 5.97 Å². The number of benzene rings is 2. The summed E-state index contributed by atoms with van der Waals surface area (Å²) in [6.45, 7) is 5.69. The summed E-state index contributed by atoms with van der Waals surface area (Å²) in [6.07, 6.45) is 0. The number of hydrogen-bond acceptors (Lipinski definition) is 3. The van der Waals surface area contributed by atoms with Gasteiger partial charge in [-0.1, -0.05) is 34.1 Å². The second-order valence-corrected chi connectivity index (χ2v) is 6.22. The molecule has 0 saturated carbocycles. The molecule has 0 aliphatic rings. The Bertz CT molecular complexity index is 857. The zero-order valence-corrected chi connectivity index (χ0v) is 14.2. The topological polar surface area (TPSA) is 39.4 Å². The van der Waals surface area contributed by atoms with Crippen LogP contribution in [0.15, 0.2) is 45.3 Å². The van der Waals surface area contributed by atoms with Gasteiger partial charge >= 0.3 is 5.97 Å². The smallest absolute Gasteiger partial charge is 0.379 e. The molecule has 0 unspecified atom stereocenters. The van der Waals surface area contributed by atoms with Crippen LogP contribution in [0.4, 0.5) is 0 Å². The Labute approximate surface area is 137 Å². The highest BCUT2D eigenvalue weighted by Gasteiger charge is 2.21. The molecule has 3 nitrogen and oxygen atoms in total. The van der Waals surface area contributed by atoms with Crippen LogP contribution < -0.4 is 4.74 Å². The Balaban J connectivity index is 2.01. The Hall–Kier alpha value is -2.07. The minimum Gasteiger partial charge on any atom is -0.449 e. The van der Waals surface area contributed by atoms with Crippen LogP contribution >= 0.6 is 15.9 Å². The monoisotopic (exact) mass is 358 g/mol. The van der Waals surface area contributed by atoms with E-state index in [0.717, 1.165) is 26.5 Å². The second kappa shape index (κ2) is 5.61. The normalized spacial score (nSPS) is 10.9. The number of furan rings is 1. The van der Waals surface area contributed by atoms with Crippen LogP contribution in [-0.4, -0.2) is 5.97 Å². The highest BCUT2D eigenvalue weighted by molar-refractivity contribution is 9.10. The first-order valence-electron chi connectivity index (χ1n) is 6.94. The van der Waals surface area contributed by atoms with E-state index in [2.05, 4.69) is 15.9 Å². The molecular formula is C18H15BrO3. The molecule has 112 valence electrons. The van der Waals surface area contributed by atoms with Gasteiger partial charge in [-0.2, -0.15) is 0 Å². The van der Waals surface area contributed by atoms with Crippen molar-refractivity contribution < 1.29 is 13.9 Å². The molecule has 4 heteroatoms. The third kappa shape index (κ3) is 2.55. The van der Waals surface area contributed by atoms with E-state index in [9.17, 15) is 4.79 Å². The molecule has 3 aromatic rings. The van der Waals surface area contributed by atoms with E-state index in [1.807, 2.05) is 57.2 Å². The molecule has 22 heavy (non-hydrogen) atoms. The third-order valence-electron chi connectivity index (χ3n) is 3.69.